The Balaban J connectivity index is 2.16. The predicted octanol–water partition coefficient (Wildman–Crippen LogP) is 1.25. The van der Waals surface area contributed by atoms with Crippen molar-refractivity contribution in [2.75, 3.05) is 13.1 Å². The second kappa shape index (κ2) is 1.91. The molecule has 0 aromatic carbocycles. The van der Waals surface area contributed by atoms with E-state index < -0.39 is 5.92 Å². The van der Waals surface area contributed by atoms with E-state index in [0.717, 1.165) is 6.54 Å². The second-order valence-corrected chi connectivity index (χ2v) is 3.32. The highest BCUT2D eigenvalue weighted by Gasteiger charge is 2.51. The van der Waals surface area contributed by atoms with Gasteiger partial charge in [0.2, 0.25) is 0 Å². The van der Waals surface area contributed by atoms with Gasteiger partial charge < -0.3 is 5.32 Å². The fourth-order valence-corrected chi connectivity index (χ4v) is 2.09. The van der Waals surface area contributed by atoms with Crippen LogP contribution in [-0.2, 0) is 0 Å². The first-order valence-electron chi connectivity index (χ1n) is 3.79. The molecular formula is C7H11F2N. The van der Waals surface area contributed by atoms with Crippen LogP contribution in [0.2, 0.25) is 0 Å². The molecule has 0 aromatic heterocycles. The molecule has 1 aliphatic heterocycles. The zero-order valence-corrected chi connectivity index (χ0v) is 5.74. The van der Waals surface area contributed by atoms with E-state index in [1.165, 1.54) is 0 Å². The molecule has 1 aliphatic carbocycles. The molecule has 1 N–H and O–H groups in total. The van der Waals surface area contributed by atoms with Crippen molar-refractivity contribution >= 4 is 0 Å². The van der Waals surface area contributed by atoms with Crippen molar-refractivity contribution in [2.24, 2.45) is 11.8 Å². The standard InChI is InChI=1S/C7H11F2N/c8-7(9)2-1-5-3-10-4-6(5)7/h5-6,10H,1-4H2/t5-,6-/m1/s1. The lowest BCUT2D eigenvalue weighted by atomic mass is 9.99. The summed E-state index contributed by atoms with van der Waals surface area (Å²) in [6.45, 7) is 1.33. The van der Waals surface area contributed by atoms with Gasteiger partial charge in [-0.25, -0.2) is 8.78 Å². The summed E-state index contributed by atoms with van der Waals surface area (Å²) in [6.07, 6.45) is 0.828. The SMILES string of the molecule is FC1(F)CC[C@@H]2CNC[C@H]21. The van der Waals surface area contributed by atoms with Gasteiger partial charge in [-0.3, -0.25) is 0 Å². The molecule has 3 heteroatoms. The van der Waals surface area contributed by atoms with Gasteiger partial charge in [-0.1, -0.05) is 0 Å². The number of rotatable bonds is 0. The van der Waals surface area contributed by atoms with Crippen molar-refractivity contribution in [3.63, 3.8) is 0 Å². The van der Waals surface area contributed by atoms with Crippen LogP contribution in [0.3, 0.4) is 0 Å². The molecule has 0 aromatic rings. The summed E-state index contributed by atoms with van der Waals surface area (Å²) in [5, 5.41) is 3.00. The third kappa shape index (κ3) is 0.764. The van der Waals surface area contributed by atoms with E-state index >= 15 is 0 Å². The average molecular weight is 147 g/mol. The summed E-state index contributed by atoms with van der Waals surface area (Å²) >= 11 is 0. The van der Waals surface area contributed by atoms with Gasteiger partial charge in [0.1, 0.15) is 0 Å². The highest BCUT2D eigenvalue weighted by atomic mass is 19.3. The highest BCUT2D eigenvalue weighted by molar-refractivity contribution is 4.96. The van der Waals surface area contributed by atoms with E-state index in [1.807, 2.05) is 0 Å². The first-order valence-corrected chi connectivity index (χ1v) is 3.79. The Morgan fingerprint density at radius 3 is 2.80 bits per heavy atom. The van der Waals surface area contributed by atoms with Gasteiger partial charge in [-0.2, -0.15) is 0 Å². The molecule has 2 aliphatic rings. The van der Waals surface area contributed by atoms with Gasteiger partial charge in [0.15, 0.2) is 0 Å². The smallest absolute Gasteiger partial charge is 0.252 e. The number of hydrogen-bond acceptors (Lipinski definition) is 1. The van der Waals surface area contributed by atoms with Gasteiger partial charge in [0.25, 0.3) is 5.92 Å². The largest absolute Gasteiger partial charge is 0.316 e. The van der Waals surface area contributed by atoms with Crippen molar-refractivity contribution < 1.29 is 8.78 Å². The van der Waals surface area contributed by atoms with Crippen molar-refractivity contribution in [3.05, 3.63) is 0 Å². The van der Waals surface area contributed by atoms with Crippen LogP contribution < -0.4 is 5.32 Å². The lowest BCUT2D eigenvalue weighted by molar-refractivity contribution is -0.0358. The summed E-state index contributed by atoms with van der Waals surface area (Å²) in [7, 11) is 0. The molecule has 1 saturated carbocycles. The minimum absolute atomic E-state index is 0.115. The van der Waals surface area contributed by atoms with E-state index in [-0.39, 0.29) is 18.3 Å². The number of hydrogen-bond donors (Lipinski definition) is 1. The number of nitrogens with one attached hydrogen (secondary N) is 1. The van der Waals surface area contributed by atoms with Crippen LogP contribution in [-0.4, -0.2) is 19.0 Å². The molecule has 2 atom stereocenters. The van der Waals surface area contributed by atoms with Crippen LogP contribution >= 0.6 is 0 Å². The zero-order valence-electron chi connectivity index (χ0n) is 5.74. The first kappa shape index (κ1) is 6.53. The van der Waals surface area contributed by atoms with Crippen LogP contribution in [0.25, 0.3) is 0 Å². The van der Waals surface area contributed by atoms with Crippen molar-refractivity contribution in [2.45, 2.75) is 18.8 Å². The molecule has 2 rings (SSSR count). The molecule has 1 saturated heterocycles. The average Bonchev–Trinajstić information content (AvgIpc) is 2.36. The zero-order chi connectivity index (χ0) is 7.19. The Bertz CT molecular complexity index is 147. The summed E-state index contributed by atoms with van der Waals surface area (Å²) in [4.78, 5) is 0. The quantitative estimate of drug-likeness (QED) is 0.543. The number of halogens is 2. The molecule has 2 fully saturated rings. The van der Waals surface area contributed by atoms with Gasteiger partial charge in [-0.15, -0.1) is 0 Å². The van der Waals surface area contributed by atoms with Crippen LogP contribution in [0.4, 0.5) is 8.78 Å². The molecule has 0 amide bonds. The van der Waals surface area contributed by atoms with E-state index in [4.69, 9.17) is 0 Å². The Labute approximate surface area is 58.8 Å². The van der Waals surface area contributed by atoms with Crippen molar-refractivity contribution in [3.8, 4) is 0 Å². The summed E-state index contributed by atoms with van der Waals surface area (Å²) in [5.74, 6) is -2.46. The molecular weight excluding hydrogens is 136 g/mol. The predicted molar refractivity (Wildman–Crippen MR) is 34.0 cm³/mol. The first-order chi connectivity index (χ1) is 4.70. The van der Waals surface area contributed by atoms with Crippen LogP contribution in [0.15, 0.2) is 0 Å². The molecule has 58 valence electrons. The van der Waals surface area contributed by atoms with Crippen molar-refractivity contribution in [1.82, 2.24) is 5.32 Å². The lowest BCUT2D eigenvalue weighted by Crippen LogP contribution is -2.26. The summed E-state index contributed by atoms with van der Waals surface area (Å²) in [5.41, 5.74) is 0. The molecule has 1 heterocycles. The highest BCUT2D eigenvalue weighted by Crippen LogP contribution is 2.45. The fraction of sp³-hybridized carbons (Fsp3) is 1.00. The second-order valence-electron chi connectivity index (χ2n) is 3.32. The number of alkyl halides is 2. The summed E-state index contributed by atoms with van der Waals surface area (Å²) in [6, 6.07) is 0. The molecule has 0 unspecified atom stereocenters. The maximum atomic E-state index is 12.9. The minimum Gasteiger partial charge on any atom is -0.316 e. The molecule has 0 bridgehead atoms. The molecule has 10 heavy (non-hydrogen) atoms. The van der Waals surface area contributed by atoms with Crippen LogP contribution in [0.5, 0.6) is 0 Å². The van der Waals surface area contributed by atoms with Crippen LogP contribution in [0, 0.1) is 11.8 Å². The topological polar surface area (TPSA) is 12.0 Å². The third-order valence-corrected chi connectivity index (χ3v) is 2.73. The van der Waals surface area contributed by atoms with E-state index in [1.54, 1.807) is 0 Å². The fourth-order valence-electron chi connectivity index (χ4n) is 2.09. The van der Waals surface area contributed by atoms with Crippen LogP contribution in [0.1, 0.15) is 12.8 Å². The Morgan fingerprint density at radius 2 is 2.10 bits per heavy atom. The Kier molecular flexibility index (Phi) is 1.24. The summed E-state index contributed by atoms with van der Waals surface area (Å²) < 4.78 is 25.7. The normalized spacial score (nSPS) is 43.8. The maximum Gasteiger partial charge on any atom is 0.252 e. The minimum atomic E-state index is -2.37. The van der Waals surface area contributed by atoms with Crippen molar-refractivity contribution in [1.29, 1.82) is 0 Å². The van der Waals surface area contributed by atoms with Gasteiger partial charge in [-0.05, 0) is 18.9 Å². The maximum absolute atomic E-state index is 12.9. The Hall–Kier alpha value is -0.180. The monoisotopic (exact) mass is 147 g/mol. The molecule has 1 nitrogen and oxygen atoms in total. The molecule has 0 radical (unpaired) electrons. The van der Waals surface area contributed by atoms with E-state index in [9.17, 15) is 8.78 Å². The van der Waals surface area contributed by atoms with Gasteiger partial charge in [0, 0.05) is 18.9 Å². The number of fused-ring (bicyclic) bond motifs is 1. The van der Waals surface area contributed by atoms with Gasteiger partial charge in [0.05, 0.1) is 0 Å². The third-order valence-electron chi connectivity index (χ3n) is 2.73. The van der Waals surface area contributed by atoms with E-state index in [2.05, 4.69) is 5.32 Å². The Morgan fingerprint density at radius 1 is 1.30 bits per heavy atom. The molecule has 0 spiro atoms. The van der Waals surface area contributed by atoms with E-state index in [0.29, 0.717) is 13.0 Å². The lowest BCUT2D eigenvalue weighted by Gasteiger charge is -2.15. The van der Waals surface area contributed by atoms with Gasteiger partial charge >= 0.3 is 0 Å².